The van der Waals surface area contributed by atoms with Crippen LogP contribution in [0.3, 0.4) is 0 Å². The van der Waals surface area contributed by atoms with E-state index in [4.69, 9.17) is 4.74 Å². The standard InChI is InChI=1S/C25H32N4O3/c1-17(30)29-15-19-6-4-5-7-23(19)32-25(16-29)12-10-20(11-13-25)27(2)24(31)22-14-21(18-8-9-18)26-28(22)3/h4-7,14,18,20H,8-13,15-16H2,1-3H3. The number of hydrogen-bond donors (Lipinski definition) is 0. The predicted molar refractivity (Wildman–Crippen MR) is 120 cm³/mol. The lowest BCUT2D eigenvalue weighted by molar-refractivity contribution is -0.132. The summed E-state index contributed by atoms with van der Waals surface area (Å²) in [6.45, 7) is 2.80. The summed E-state index contributed by atoms with van der Waals surface area (Å²) in [6.07, 6.45) is 5.67. The first-order valence-electron chi connectivity index (χ1n) is 11.7. The highest BCUT2D eigenvalue weighted by molar-refractivity contribution is 5.92. The van der Waals surface area contributed by atoms with Gasteiger partial charge in [-0.15, -0.1) is 0 Å². The normalized spacial score (nSPS) is 25.1. The topological polar surface area (TPSA) is 67.7 Å². The molecule has 7 nitrogen and oxygen atoms in total. The number of ether oxygens (including phenoxy) is 1. The minimum absolute atomic E-state index is 0.0327. The van der Waals surface area contributed by atoms with E-state index in [0.29, 0.717) is 24.7 Å². The Morgan fingerprint density at radius 2 is 1.88 bits per heavy atom. The summed E-state index contributed by atoms with van der Waals surface area (Å²) >= 11 is 0. The van der Waals surface area contributed by atoms with Crippen LogP contribution in [-0.2, 0) is 18.4 Å². The number of carbonyl (C=O) groups excluding carboxylic acids is 2. The Balaban J connectivity index is 1.30. The van der Waals surface area contributed by atoms with Gasteiger partial charge in [0, 0.05) is 45.1 Å². The van der Waals surface area contributed by atoms with Crippen molar-refractivity contribution < 1.29 is 14.3 Å². The van der Waals surface area contributed by atoms with E-state index < -0.39 is 5.60 Å². The van der Waals surface area contributed by atoms with Crippen LogP contribution in [0.1, 0.15) is 73.1 Å². The van der Waals surface area contributed by atoms with E-state index in [1.54, 1.807) is 11.6 Å². The van der Waals surface area contributed by atoms with Gasteiger partial charge in [0.05, 0.1) is 12.2 Å². The second-order valence-electron chi connectivity index (χ2n) is 9.77. The van der Waals surface area contributed by atoms with Crippen molar-refractivity contribution in [2.75, 3.05) is 13.6 Å². The largest absolute Gasteiger partial charge is 0.485 e. The molecule has 1 aliphatic heterocycles. The molecule has 7 heteroatoms. The van der Waals surface area contributed by atoms with Crippen molar-refractivity contribution in [1.29, 1.82) is 0 Å². The Morgan fingerprint density at radius 3 is 2.56 bits per heavy atom. The molecule has 0 unspecified atom stereocenters. The minimum atomic E-state index is -0.398. The van der Waals surface area contributed by atoms with E-state index in [1.165, 1.54) is 12.8 Å². The average Bonchev–Trinajstić information content (AvgIpc) is 3.57. The zero-order valence-corrected chi connectivity index (χ0v) is 19.2. The summed E-state index contributed by atoms with van der Waals surface area (Å²) in [7, 11) is 3.76. The van der Waals surface area contributed by atoms with Crippen molar-refractivity contribution in [1.82, 2.24) is 19.6 Å². The van der Waals surface area contributed by atoms with Crippen LogP contribution in [0.4, 0.5) is 0 Å². The van der Waals surface area contributed by atoms with Crippen molar-refractivity contribution >= 4 is 11.8 Å². The Labute approximate surface area is 189 Å². The molecule has 5 rings (SSSR count). The van der Waals surface area contributed by atoms with Crippen LogP contribution in [0, 0.1) is 0 Å². The molecule has 1 spiro atoms. The molecule has 2 saturated carbocycles. The maximum Gasteiger partial charge on any atom is 0.272 e. The van der Waals surface area contributed by atoms with Crippen LogP contribution >= 0.6 is 0 Å². The third-order valence-electron chi connectivity index (χ3n) is 7.43. The van der Waals surface area contributed by atoms with Crippen molar-refractivity contribution in [3.63, 3.8) is 0 Å². The Kier molecular flexibility index (Phi) is 5.22. The van der Waals surface area contributed by atoms with Gasteiger partial charge in [-0.2, -0.15) is 5.10 Å². The van der Waals surface area contributed by atoms with E-state index in [1.807, 2.05) is 54.2 Å². The summed E-state index contributed by atoms with van der Waals surface area (Å²) in [5.74, 6) is 1.51. The first-order valence-corrected chi connectivity index (χ1v) is 11.7. The SMILES string of the molecule is CC(=O)N1Cc2ccccc2OC2(CCC(N(C)C(=O)c3cc(C4CC4)nn3C)CC2)C1. The minimum Gasteiger partial charge on any atom is -0.485 e. The van der Waals surface area contributed by atoms with Gasteiger partial charge in [-0.25, -0.2) is 0 Å². The van der Waals surface area contributed by atoms with Crippen molar-refractivity contribution in [3.05, 3.63) is 47.3 Å². The lowest BCUT2D eigenvalue weighted by Crippen LogP contribution is -2.52. The van der Waals surface area contributed by atoms with Crippen LogP contribution in [-0.4, -0.2) is 56.6 Å². The molecular formula is C25H32N4O3. The van der Waals surface area contributed by atoms with Gasteiger partial charge < -0.3 is 14.5 Å². The highest BCUT2D eigenvalue weighted by Gasteiger charge is 2.43. The summed E-state index contributed by atoms with van der Waals surface area (Å²) in [5.41, 5.74) is 2.36. The van der Waals surface area contributed by atoms with Crippen LogP contribution in [0.2, 0.25) is 0 Å². The number of carbonyl (C=O) groups is 2. The maximum atomic E-state index is 13.2. The number of fused-ring (bicyclic) bond motifs is 1. The molecule has 0 radical (unpaired) electrons. The van der Waals surface area contributed by atoms with E-state index >= 15 is 0 Å². The van der Waals surface area contributed by atoms with Gasteiger partial charge in [0.1, 0.15) is 17.0 Å². The van der Waals surface area contributed by atoms with Gasteiger partial charge in [-0.1, -0.05) is 18.2 Å². The van der Waals surface area contributed by atoms with Gasteiger partial charge >= 0.3 is 0 Å². The number of amides is 2. The van der Waals surface area contributed by atoms with Crippen LogP contribution in [0.25, 0.3) is 0 Å². The van der Waals surface area contributed by atoms with Gasteiger partial charge in [-0.3, -0.25) is 14.3 Å². The molecule has 0 N–H and O–H groups in total. The van der Waals surface area contributed by atoms with Crippen molar-refractivity contribution in [2.24, 2.45) is 7.05 Å². The first kappa shape index (κ1) is 21.0. The fourth-order valence-corrected chi connectivity index (χ4v) is 5.22. The zero-order chi connectivity index (χ0) is 22.5. The molecule has 2 amide bonds. The Hall–Kier alpha value is -2.83. The highest BCUT2D eigenvalue weighted by Crippen LogP contribution is 2.41. The number of aryl methyl sites for hydroxylation is 1. The van der Waals surface area contributed by atoms with Gasteiger partial charge in [0.2, 0.25) is 5.91 Å². The highest BCUT2D eigenvalue weighted by atomic mass is 16.5. The molecular weight excluding hydrogens is 404 g/mol. The summed E-state index contributed by atoms with van der Waals surface area (Å²) < 4.78 is 8.31. The fourth-order valence-electron chi connectivity index (χ4n) is 5.22. The molecule has 1 aromatic carbocycles. The monoisotopic (exact) mass is 436 g/mol. The quantitative estimate of drug-likeness (QED) is 0.739. The molecule has 170 valence electrons. The molecule has 1 aromatic heterocycles. The number of aromatic nitrogens is 2. The summed E-state index contributed by atoms with van der Waals surface area (Å²) in [6, 6.07) is 10.1. The zero-order valence-electron chi connectivity index (χ0n) is 19.2. The number of hydrogen-bond acceptors (Lipinski definition) is 4. The Bertz CT molecular complexity index is 1030. The molecule has 2 aliphatic carbocycles. The average molecular weight is 437 g/mol. The van der Waals surface area contributed by atoms with E-state index in [9.17, 15) is 9.59 Å². The molecule has 32 heavy (non-hydrogen) atoms. The molecule has 2 heterocycles. The smallest absolute Gasteiger partial charge is 0.272 e. The second-order valence-corrected chi connectivity index (χ2v) is 9.77. The second kappa shape index (κ2) is 7.94. The van der Waals surface area contributed by atoms with Crippen LogP contribution in [0.5, 0.6) is 5.75 Å². The molecule has 2 aromatic rings. The number of para-hydroxylation sites is 1. The van der Waals surface area contributed by atoms with Gasteiger partial charge in [0.15, 0.2) is 0 Å². The van der Waals surface area contributed by atoms with E-state index in [-0.39, 0.29) is 17.9 Å². The molecule has 3 aliphatic rings. The number of benzene rings is 1. The molecule has 0 atom stereocenters. The first-order chi connectivity index (χ1) is 15.3. The van der Waals surface area contributed by atoms with Crippen LogP contribution < -0.4 is 4.74 Å². The molecule has 0 bridgehead atoms. The molecule has 2 fully saturated rings. The van der Waals surface area contributed by atoms with Crippen LogP contribution in [0.15, 0.2) is 30.3 Å². The van der Waals surface area contributed by atoms with Gasteiger partial charge in [0.25, 0.3) is 5.91 Å². The third-order valence-corrected chi connectivity index (χ3v) is 7.43. The van der Waals surface area contributed by atoms with E-state index in [0.717, 1.165) is 42.7 Å². The number of nitrogens with zero attached hydrogens (tertiary/aromatic N) is 4. The summed E-state index contributed by atoms with van der Waals surface area (Å²) in [5, 5.41) is 4.56. The predicted octanol–water partition coefficient (Wildman–Crippen LogP) is 3.49. The maximum absolute atomic E-state index is 13.2. The van der Waals surface area contributed by atoms with Gasteiger partial charge in [-0.05, 0) is 50.7 Å². The van der Waals surface area contributed by atoms with Crippen molar-refractivity contribution in [2.45, 2.75) is 69.6 Å². The molecule has 0 saturated heterocycles. The lowest BCUT2D eigenvalue weighted by atomic mass is 9.81. The Morgan fingerprint density at radius 1 is 1.16 bits per heavy atom. The lowest BCUT2D eigenvalue weighted by Gasteiger charge is -2.43. The fraction of sp³-hybridized carbons (Fsp3) is 0.560. The summed E-state index contributed by atoms with van der Waals surface area (Å²) in [4.78, 5) is 29.3. The third kappa shape index (κ3) is 3.89. The van der Waals surface area contributed by atoms with Crippen molar-refractivity contribution in [3.8, 4) is 5.75 Å². The van der Waals surface area contributed by atoms with E-state index in [2.05, 4.69) is 5.10 Å². The number of rotatable bonds is 3.